The molecule has 4 nitrogen and oxygen atoms in total. The van der Waals surface area contributed by atoms with Crippen LogP contribution in [-0.4, -0.2) is 39.3 Å². The summed E-state index contributed by atoms with van der Waals surface area (Å²) in [6.07, 6.45) is 9.77. The first-order valence-corrected chi connectivity index (χ1v) is 9.77. The SMILES string of the molecule is C(=C\c1ccccc1)/CN1CCC(Cc2nncn2-c2ccccc2)CC1. The summed E-state index contributed by atoms with van der Waals surface area (Å²) in [7, 11) is 0. The van der Waals surface area contributed by atoms with E-state index in [4.69, 9.17) is 0 Å². The van der Waals surface area contributed by atoms with E-state index < -0.39 is 0 Å². The summed E-state index contributed by atoms with van der Waals surface area (Å²) < 4.78 is 2.12. The molecule has 1 aromatic heterocycles. The van der Waals surface area contributed by atoms with Gasteiger partial charge in [0, 0.05) is 18.7 Å². The largest absolute Gasteiger partial charge is 0.300 e. The first kappa shape index (κ1) is 17.7. The van der Waals surface area contributed by atoms with Gasteiger partial charge in [-0.05, 0) is 49.5 Å². The smallest absolute Gasteiger partial charge is 0.137 e. The number of hydrogen-bond acceptors (Lipinski definition) is 3. The highest BCUT2D eigenvalue weighted by Crippen LogP contribution is 2.22. The Hall–Kier alpha value is -2.72. The summed E-state index contributed by atoms with van der Waals surface area (Å²) in [5.41, 5.74) is 2.41. The van der Waals surface area contributed by atoms with Gasteiger partial charge in [-0.15, -0.1) is 10.2 Å². The number of nitrogens with zero attached hydrogens (tertiary/aromatic N) is 4. The van der Waals surface area contributed by atoms with Crippen LogP contribution in [0.25, 0.3) is 11.8 Å². The second-order valence-corrected chi connectivity index (χ2v) is 7.21. The highest BCUT2D eigenvalue weighted by Gasteiger charge is 2.21. The van der Waals surface area contributed by atoms with E-state index in [1.165, 1.54) is 18.4 Å². The minimum Gasteiger partial charge on any atom is -0.300 e. The van der Waals surface area contributed by atoms with Crippen LogP contribution in [0.4, 0.5) is 0 Å². The predicted octanol–water partition coefficient (Wildman–Crippen LogP) is 4.24. The monoisotopic (exact) mass is 358 g/mol. The van der Waals surface area contributed by atoms with Crippen molar-refractivity contribution in [2.45, 2.75) is 19.3 Å². The molecular formula is C23H26N4. The molecule has 27 heavy (non-hydrogen) atoms. The zero-order valence-corrected chi connectivity index (χ0v) is 15.6. The van der Waals surface area contributed by atoms with Crippen molar-refractivity contribution < 1.29 is 0 Å². The third-order valence-electron chi connectivity index (χ3n) is 5.30. The van der Waals surface area contributed by atoms with Crippen molar-refractivity contribution in [2.75, 3.05) is 19.6 Å². The highest BCUT2D eigenvalue weighted by atomic mass is 15.3. The van der Waals surface area contributed by atoms with Crippen LogP contribution in [0.2, 0.25) is 0 Å². The fourth-order valence-corrected chi connectivity index (χ4v) is 3.74. The van der Waals surface area contributed by atoms with Crippen molar-refractivity contribution >= 4 is 6.08 Å². The second kappa shape index (κ2) is 8.78. The van der Waals surface area contributed by atoms with E-state index in [1.807, 2.05) is 12.4 Å². The topological polar surface area (TPSA) is 34.0 Å². The van der Waals surface area contributed by atoms with Gasteiger partial charge in [0.1, 0.15) is 12.2 Å². The molecule has 4 heteroatoms. The molecule has 1 saturated heterocycles. The summed E-state index contributed by atoms with van der Waals surface area (Å²) in [4.78, 5) is 2.54. The lowest BCUT2D eigenvalue weighted by Gasteiger charge is -2.31. The Morgan fingerprint density at radius 1 is 0.926 bits per heavy atom. The first-order chi connectivity index (χ1) is 13.4. The molecule has 0 atom stereocenters. The minimum absolute atomic E-state index is 0.686. The Morgan fingerprint density at radius 3 is 2.37 bits per heavy atom. The molecule has 0 aliphatic carbocycles. The van der Waals surface area contributed by atoms with Crippen LogP contribution in [0.3, 0.4) is 0 Å². The highest BCUT2D eigenvalue weighted by molar-refractivity contribution is 5.48. The van der Waals surface area contributed by atoms with Crippen LogP contribution >= 0.6 is 0 Å². The average Bonchev–Trinajstić information content (AvgIpc) is 3.19. The standard InChI is InChI=1S/C23H26N4/c1-3-8-20(9-4-1)10-7-15-26-16-13-21(14-17-26)18-23-25-24-19-27(23)22-11-5-2-6-12-22/h1-12,19,21H,13-18H2/b10-7+. The Kier molecular flexibility index (Phi) is 5.75. The van der Waals surface area contributed by atoms with Crippen LogP contribution < -0.4 is 0 Å². The van der Waals surface area contributed by atoms with E-state index in [-0.39, 0.29) is 0 Å². The number of rotatable bonds is 6. The number of hydrogen-bond donors (Lipinski definition) is 0. The molecule has 3 aromatic rings. The molecule has 1 aliphatic heterocycles. The van der Waals surface area contributed by atoms with Gasteiger partial charge in [0.25, 0.3) is 0 Å². The van der Waals surface area contributed by atoms with E-state index >= 15 is 0 Å². The molecule has 1 fully saturated rings. The van der Waals surface area contributed by atoms with Crippen LogP contribution in [0, 0.1) is 5.92 Å². The average molecular weight is 358 g/mol. The molecule has 2 aromatic carbocycles. The van der Waals surface area contributed by atoms with Crippen molar-refractivity contribution in [3.63, 3.8) is 0 Å². The van der Waals surface area contributed by atoms with Crippen molar-refractivity contribution in [1.82, 2.24) is 19.7 Å². The van der Waals surface area contributed by atoms with Gasteiger partial charge >= 0.3 is 0 Å². The zero-order valence-electron chi connectivity index (χ0n) is 15.6. The molecule has 1 aliphatic rings. The molecule has 0 unspecified atom stereocenters. The Bertz CT molecular complexity index is 846. The lowest BCUT2D eigenvalue weighted by atomic mass is 9.93. The van der Waals surface area contributed by atoms with Gasteiger partial charge in [-0.1, -0.05) is 60.7 Å². The number of benzene rings is 2. The Balaban J connectivity index is 1.28. The fraction of sp³-hybridized carbons (Fsp3) is 0.304. The van der Waals surface area contributed by atoms with E-state index in [0.717, 1.165) is 37.6 Å². The summed E-state index contributed by atoms with van der Waals surface area (Å²) in [5.74, 6) is 1.76. The van der Waals surface area contributed by atoms with E-state index in [9.17, 15) is 0 Å². The van der Waals surface area contributed by atoms with Gasteiger partial charge in [-0.3, -0.25) is 9.47 Å². The van der Waals surface area contributed by atoms with Crippen LogP contribution in [0.15, 0.2) is 73.1 Å². The van der Waals surface area contributed by atoms with E-state index in [0.29, 0.717) is 5.92 Å². The molecule has 0 amide bonds. The summed E-state index contributed by atoms with van der Waals surface area (Å²) >= 11 is 0. The van der Waals surface area contributed by atoms with Crippen LogP contribution in [-0.2, 0) is 6.42 Å². The lowest BCUT2D eigenvalue weighted by molar-refractivity contribution is 0.199. The maximum atomic E-state index is 4.38. The van der Waals surface area contributed by atoms with E-state index in [1.54, 1.807) is 0 Å². The first-order valence-electron chi connectivity index (χ1n) is 9.77. The molecule has 0 N–H and O–H groups in total. The third-order valence-corrected chi connectivity index (χ3v) is 5.30. The van der Waals surface area contributed by atoms with Crippen molar-refractivity contribution in [1.29, 1.82) is 0 Å². The summed E-state index contributed by atoms with van der Waals surface area (Å²) in [5, 5.41) is 8.52. The summed E-state index contributed by atoms with van der Waals surface area (Å²) in [6, 6.07) is 20.9. The molecule has 2 heterocycles. The molecule has 138 valence electrons. The van der Waals surface area contributed by atoms with E-state index in [2.05, 4.69) is 86.4 Å². The normalized spacial score (nSPS) is 16.1. The lowest BCUT2D eigenvalue weighted by Crippen LogP contribution is -2.34. The number of likely N-dealkylation sites (tertiary alicyclic amines) is 1. The number of piperidine rings is 1. The van der Waals surface area contributed by atoms with Gasteiger partial charge < -0.3 is 0 Å². The summed E-state index contributed by atoms with van der Waals surface area (Å²) in [6.45, 7) is 3.34. The van der Waals surface area contributed by atoms with Crippen LogP contribution in [0.5, 0.6) is 0 Å². The van der Waals surface area contributed by atoms with Crippen molar-refractivity contribution in [2.24, 2.45) is 5.92 Å². The number of para-hydroxylation sites is 1. The third kappa shape index (κ3) is 4.72. The van der Waals surface area contributed by atoms with Gasteiger partial charge in [0.2, 0.25) is 0 Å². The number of aromatic nitrogens is 3. The van der Waals surface area contributed by atoms with Gasteiger partial charge in [-0.25, -0.2) is 0 Å². The zero-order chi connectivity index (χ0) is 18.3. The van der Waals surface area contributed by atoms with Crippen LogP contribution in [0.1, 0.15) is 24.2 Å². The molecule has 0 radical (unpaired) electrons. The maximum Gasteiger partial charge on any atom is 0.137 e. The Labute approximate surface area is 161 Å². The quantitative estimate of drug-likeness (QED) is 0.661. The van der Waals surface area contributed by atoms with Crippen molar-refractivity contribution in [3.8, 4) is 5.69 Å². The van der Waals surface area contributed by atoms with Crippen molar-refractivity contribution in [3.05, 3.63) is 84.5 Å². The molecule has 0 saturated carbocycles. The fourth-order valence-electron chi connectivity index (χ4n) is 3.74. The maximum absolute atomic E-state index is 4.38. The molecular weight excluding hydrogens is 332 g/mol. The van der Waals surface area contributed by atoms with Gasteiger partial charge in [-0.2, -0.15) is 0 Å². The molecule has 0 bridgehead atoms. The molecule has 4 rings (SSSR count). The molecule has 0 spiro atoms. The predicted molar refractivity (Wildman–Crippen MR) is 110 cm³/mol. The van der Waals surface area contributed by atoms with Gasteiger partial charge in [0.05, 0.1) is 0 Å². The second-order valence-electron chi connectivity index (χ2n) is 7.21. The Morgan fingerprint density at radius 2 is 1.63 bits per heavy atom. The van der Waals surface area contributed by atoms with Gasteiger partial charge in [0.15, 0.2) is 0 Å². The minimum atomic E-state index is 0.686.